The van der Waals surface area contributed by atoms with Crippen LogP contribution in [0, 0.1) is 5.82 Å². The predicted octanol–water partition coefficient (Wildman–Crippen LogP) is 3.75. The molecule has 1 heterocycles. The van der Waals surface area contributed by atoms with Crippen LogP contribution in [-0.4, -0.2) is 6.54 Å². The summed E-state index contributed by atoms with van der Waals surface area (Å²) in [5.74, 6) is -0.270. The number of rotatable bonds is 2. The lowest BCUT2D eigenvalue weighted by atomic mass is 10.0. The fourth-order valence-electron chi connectivity index (χ4n) is 2.86. The Kier molecular flexibility index (Phi) is 3.11. The molecule has 0 amide bonds. The Balaban J connectivity index is 1.95. The van der Waals surface area contributed by atoms with Gasteiger partial charge in [0.05, 0.1) is 6.04 Å². The molecule has 0 saturated carbocycles. The van der Waals surface area contributed by atoms with Gasteiger partial charge in [-0.3, -0.25) is 0 Å². The second-order valence-corrected chi connectivity index (χ2v) is 5.00. The Morgan fingerprint density at radius 3 is 2.63 bits per heavy atom. The second kappa shape index (κ2) is 4.92. The smallest absolute Gasteiger partial charge is 0.127 e. The van der Waals surface area contributed by atoms with Gasteiger partial charge in [0.1, 0.15) is 5.82 Å². The van der Waals surface area contributed by atoms with Crippen LogP contribution in [0.2, 0.25) is 0 Å². The van der Waals surface area contributed by atoms with Crippen LogP contribution in [0.3, 0.4) is 0 Å². The summed E-state index contributed by atoms with van der Waals surface area (Å²) in [7, 11) is 0. The van der Waals surface area contributed by atoms with Crippen LogP contribution in [0.1, 0.15) is 24.4 Å². The van der Waals surface area contributed by atoms with Gasteiger partial charge in [-0.05, 0) is 36.6 Å². The minimum atomic E-state index is -0.270. The maximum absolute atomic E-state index is 13.5. The van der Waals surface area contributed by atoms with Gasteiger partial charge in [-0.2, -0.15) is 0 Å². The molecule has 3 heteroatoms. The van der Waals surface area contributed by atoms with E-state index in [2.05, 4.69) is 17.0 Å². The van der Waals surface area contributed by atoms with E-state index in [1.54, 1.807) is 6.07 Å². The van der Waals surface area contributed by atoms with Crippen molar-refractivity contribution in [1.29, 1.82) is 0 Å². The van der Waals surface area contributed by atoms with Crippen LogP contribution in [0.5, 0.6) is 0 Å². The number of anilines is 2. The zero-order valence-corrected chi connectivity index (χ0v) is 10.7. The highest BCUT2D eigenvalue weighted by molar-refractivity contribution is 5.58. The van der Waals surface area contributed by atoms with Crippen LogP contribution in [0.25, 0.3) is 0 Å². The van der Waals surface area contributed by atoms with Gasteiger partial charge in [0, 0.05) is 17.9 Å². The molecule has 0 aliphatic carbocycles. The first-order valence-corrected chi connectivity index (χ1v) is 6.62. The molecule has 2 nitrogen and oxygen atoms in total. The molecule has 98 valence electrons. The molecule has 2 aromatic rings. The molecule has 0 bridgehead atoms. The molecule has 1 atom stereocenters. The van der Waals surface area contributed by atoms with Gasteiger partial charge in [-0.1, -0.05) is 30.3 Å². The second-order valence-electron chi connectivity index (χ2n) is 5.00. The Hall–Kier alpha value is -2.03. The molecule has 1 aliphatic rings. The van der Waals surface area contributed by atoms with Crippen molar-refractivity contribution < 1.29 is 4.39 Å². The summed E-state index contributed by atoms with van der Waals surface area (Å²) in [4.78, 5) is 2.24. The van der Waals surface area contributed by atoms with E-state index in [4.69, 9.17) is 5.73 Å². The number of halogens is 1. The first-order chi connectivity index (χ1) is 9.24. The van der Waals surface area contributed by atoms with Crippen LogP contribution in [-0.2, 0) is 0 Å². The first kappa shape index (κ1) is 12.0. The van der Waals surface area contributed by atoms with E-state index in [-0.39, 0.29) is 5.82 Å². The van der Waals surface area contributed by atoms with Gasteiger partial charge in [-0.25, -0.2) is 4.39 Å². The number of hydrogen-bond acceptors (Lipinski definition) is 2. The van der Waals surface area contributed by atoms with Crippen molar-refractivity contribution in [3.8, 4) is 0 Å². The lowest BCUT2D eigenvalue weighted by Gasteiger charge is -2.27. The van der Waals surface area contributed by atoms with Gasteiger partial charge < -0.3 is 10.6 Å². The van der Waals surface area contributed by atoms with Gasteiger partial charge in [0.25, 0.3) is 0 Å². The summed E-state index contributed by atoms with van der Waals surface area (Å²) in [6.45, 7) is 0.947. The van der Waals surface area contributed by atoms with Gasteiger partial charge >= 0.3 is 0 Å². The third-order valence-corrected chi connectivity index (χ3v) is 3.67. The van der Waals surface area contributed by atoms with Crippen LogP contribution < -0.4 is 10.6 Å². The maximum Gasteiger partial charge on any atom is 0.127 e. The normalized spacial score (nSPS) is 18.8. The maximum atomic E-state index is 13.5. The highest BCUT2D eigenvalue weighted by Gasteiger charge is 2.26. The lowest BCUT2D eigenvalue weighted by molar-refractivity contribution is 0.626. The Bertz CT molecular complexity index is 548. The van der Waals surface area contributed by atoms with Crippen LogP contribution in [0.4, 0.5) is 15.8 Å². The number of nitrogens with zero attached hydrogens (tertiary/aromatic N) is 1. The summed E-state index contributed by atoms with van der Waals surface area (Å²) < 4.78 is 13.5. The standard InChI is InChI=1S/C16H17FN2/c17-13-9-14(18)11-15(10-13)19-8-4-7-16(19)12-5-2-1-3-6-12/h1-3,5-6,9-11,16H,4,7-8,18H2. The summed E-state index contributed by atoms with van der Waals surface area (Å²) >= 11 is 0. The number of nitrogens with two attached hydrogens (primary N) is 1. The SMILES string of the molecule is Nc1cc(F)cc(N2CCCC2c2ccccc2)c1. The highest BCUT2D eigenvalue weighted by Crippen LogP contribution is 2.36. The third-order valence-electron chi connectivity index (χ3n) is 3.67. The lowest BCUT2D eigenvalue weighted by Crippen LogP contribution is -2.22. The van der Waals surface area contributed by atoms with E-state index in [1.165, 1.54) is 11.6 Å². The number of benzene rings is 2. The summed E-state index contributed by atoms with van der Waals surface area (Å²) in [5, 5.41) is 0. The summed E-state index contributed by atoms with van der Waals surface area (Å²) in [5.41, 5.74) is 8.38. The quantitative estimate of drug-likeness (QED) is 0.829. The molecule has 2 N–H and O–H groups in total. The first-order valence-electron chi connectivity index (χ1n) is 6.62. The topological polar surface area (TPSA) is 29.3 Å². The molecular weight excluding hydrogens is 239 g/mol. The summed E-state index contributed by atoms with van der Waals surface area (Å²) in [6, 6.07) is 15.5. The fourth-order valence-corrected chi connectivity index (χ4v) is 2.86. The third kappa shape index (κ3) is 2.41. The number of nitrogen functional groups attached to an aromatic ring is 1. The molecule has 0 aromatic heterocycles. The van der Waals surface area contributed by atoms with Gasteiger partial charge in [-0.15, -0.1) is 0 Å². The predicted molar refractivity (Wildman–Crippen MR) is 76.6 cm³/mol. The fraction of sp³-hybridized carbons (Fsp3) is 0.250. The van der Waals surface area contributed by atoms with Crippen molar-refractivity contribution in [2.75, 3.05) is 17.2 Å². The molecule has 1 unspecified atom stereocenters. The van der Waals surface area contributed by atoms with E-state index in [0.717, 1.165) is 25.1 Å². The zero-order chi connectivity index (χ0) is 13.2. The van der Waals surface area contributed by atoms with Gasteiger partial charge in [0.2, 0.25) is 0 Å². The molecule has 19 heavy (non-hydrogen) atoms. The van der Waals surface area contributed by atoms with Crippen molar-refractivity contribution in [3.05, 3.63) is 59.9 Å². The van der Waals surface area contributed by atoms with Crippen molar-refractivity contribution in [2.45, 2.75) is 18.9 Å². The summed E-state index contributed by atoms with van der Waals surface area (Å²) in [6.07, 6.45) is 2.22. The van der Waals surface area contributed by atoms with E-state index < -0.39 is 0 Å². The molecule has 1 aliphatic heterocycles. The molecule has 0 spiro atoms. The largest absolute Gasteiger partial charge is 0.399 e. The molecule has 3 rings (SSSR count). The molecule has 1 saturated heterocycles. The Labute approximate surface area is 112 Å². The minimum absolute atomic E-state index is 0.270. The monoisotopic (exact) mass is 256 g/mol. The Morgan fingerprint density at radius 2 is 1.89 bits per heavy atom. The average molecular weight is 256 g/mol. The van der Waals surface area contributed by atoms with Crippen LogP contribution >= 0.6 is 0 Å². The van der Waals surface area contributed by atoms with Crippen LogP contribution in [0.15, 0.2) is 48.5 Å². The molecule has 0 radical (unpaired) electrons. The van der Waals surface area contributed by atoms with Crippen molar-refractivity contribution in [2.24, 2.45) is 0 Å². The molecule has 2 aromatic carbocycles. The molecule has 1 fully saturated rings. The van der Waals surface area contributed by atoms with Gasteiger partial charge in [0.15, 0.2) is 0 Å². The van der Waals surface area contributed by atoms with Crippen molar-refractivity contribution >= 4 is 11.4 Å². The Morgan fingerprint density at radius 1 is 1.11 bits per heavy atom. The van der Waals surface area contributed by atoms with E-state index >= 15 is 0 Å². The highest BCUT2D eigenvalue weighted by atomic mass is 19.1. The van der Waals surface area contributed by atoms with Crippen molar-refractivity contribution in [3.63, 3.8) is 0 Å². The number of hydrogen-bond donors (Lipinski definition) is 1. The van der Waals surface area contributed by atoms with E-state index in [0.29, 0.717) is 11.7 Å². The van der Waals surface area contributed by atoms with E-state index in [9.17, 15) is 4.39 Å². The minimum Gasteiger partial charge on any atom is -0.399 e. The average Bonchev–Trinajstić information content (AvgIpc) is 2.88. The van der Waals surface area contributed by atoms with Crippen molar-refractivity contribution in [1.82, 2.24) is 0 Å². The van der Waals surface area contributed by atoms with E-state index in [1.807, 2.05) is 24.3 Å². The molecular formula is C16H17FN2. The zero-order valence-electron chi connectivity index (χ0n) is 10.7.